The van der Waals surface area contributed by atoms with E-state index >= 15 is 0 Å². The average molecular weight is 197 g/mol. The van der Waals surface area contributed by atoms with E-state index in [2.05, 4.69) is 10.3 Å². The molecular formula is C7H7N3O2S. The van der Waals surface area contributed by atoms with Crippen LogP contribution in [0.3, 0.4) is 0 Å². The Morgan fingerprint density at radius 2 is 2.38 bits per heavy atom. The minimum absolute atomic E-state index is 0.0669. The quantitative estimate of drug-likeness (QED) is 0.667. The lowest BCUT2D eigenvalue weighted by Gasteiger charge is -2.06. The molecular weight excluding hydrogens is 190 g/mol. The van der Waals surface area contributed by atoms with Gasteiger partial charge in [0.15, 0.2) is 0 Å². The van der Waals surface area contributed by atoms with E-state index in [9.17, 15) is 9.59 Å². The Bertz CT molecular complexity index is 358. The fourth-order valence-electron chi connectivity index (χ4n) is 1.06. The molecule has 0 saturated carbocycles. The lowest BCUT2D eigenvalue weighted by molar-refractivity contribution is -0.115. The number of imide groups is 1. The van der Waals surface area contributed by atoms with Gasteiger partial charge >= 0.3 is 6.03 Å². The first-order valence-electron chi connectivity index (χ1n) is 3.71. The maximum atomic E-state index is 11.2. The highest BCUT2D eigenvalue weighted by Crippen LogP contribution is 2.21. The summed E-state index contributed by atoms with van der Waals surface area (Å²) in [6.07, 6.45) is 0. The maximum Gasteiger partial charge on any atom is 0.331 e. The van der Waals surface area contributed by atoms with E-state index in [0.717, 1.165) is 10.6 Å². The summed E-state index contributed by atoms with van der Waals surface area (Å²) < 4.78 is 0. The number of thiazole rings is 1. The monoisotopic (exact) mass is 197 g/mol. The number of carbonyl (C=O) groups excluding carboxylic acids is 2. The predicted molar refractivity (Wildman–Crippen MR) is 47.7 cm³/mol. The summed E-state index contributed by atoms with van der Waals surface area (Å²) in [5.74, 6) is -0.251. The largest absolute Gasteiger partial charge is 0.331 e. The van der Waals surface area contributed by atoms with Crippen LogP contribution < -0.4 is 10.2 Å². The highest BCUT2D eigenvalue weighted by atomic mass is 32.1. The van der Waals surface area contributed by atoms with Gasteiger partial charge in [-0.15, -0.1) is 11.3 Å². The van der Waals surface area contributed by atoms with E-state index in [-0.39, 0.29) is 18.5 Å². The second kappa shape index (κ2) is 2.81. The minimum atomic E-state index is -0.389. The van der Waals surface area contributed by atoms with E-state index in [1.165, 1.54) is 11.3 Å². The first-order valence-corrected chi connectivity index (χ1v) is 4.59. The van der Waals surface area contributed by atoms with Crippen LogP contribution in [-0.2, 0) is 4.79 Å². The summed E-state index contributed by atoms with van der Waals surface area (Å²) in [4.78, 5) is 27.5. The zero-order valence-electron chi connectivity index (χ0n) is 6.90. The molecule has 0 aliphatic carbocycles. The van der Waals surface area contributed by atoms with Crippen molar-refractivity contribution in [2.75, 3.05) is 11.4 Å². The van der Waals surface area contributed by atoms with Crippen LogP contribution in [0.15, 0.2) is 5.38 Å². The van der Waals surface area contributed by atoms with Crippen LogP contribution in [0.2, 0.25) is 0 Å². The van der Waals surface area contributed by atoms with Crippen molar-refractivity contribution >= 4 is 28.4 Å². The Hall–Kier alpha value is -1.43. The molecule has 0 atom stereocenters. The number of amides is 3. The van der Waals surface area contributed by atoms with Crippen molar-refractivity contribution in [3.63, 3.8) is 0 Å². The molecule has 0 aromatic carbocycles. The molecule has 1 aliphatic heterocycles. The van der Waals surface area contributed by atoms with Crippen LogP contribution in [0.4, 0.5) is 9.93 Å². The number of nitrogens with zero attached hydrogens (tertiary/aromatic N) is 2. The number of carbonyl (C=O) groups is 2. The van der Waals surface area contributed by atoms with Crippen molar-refractivity contribution in [3.8, 4) is 0 Å². The molecule has 0 unspecified atom stereocenters. The number of rotatable bonds is 1. The van der Waals surface area contributed by atoms with Crippen molar-refractivity contribution in [2.45, 2.75) is 6.92 Å². The summed E-state index contributed by atoms with van der Waals surface area (Å²) in [5, 5.41) is 4.67. The highest BCUT2D eigenvalue weighted by molar-refractivity contribution is 7.14. The van der Waals surface area contributed by atoms with Gasteiger partial charge in [0.05, 0.1) is 12.2 Å². The van der Waals surface area contributed by atoms with Crippen molar-refractivity contribution in [2.24, 2.45) is 0 Å². The van der Waals surface area contributed by atoms with Crippen LogP contribution in [0.5, 0.6) is 0 Å². The van der Waals surface area contributed by atoms with Crippen molar-refractivity contribution < 1.29 is 9.59 Å². The fraction of sp³-hybridized carbons (Fsp3) is 0.286. The van der Waals surface area contributed by atoms with Crippen LogP contribution in [-0.4, -0.2) is 23.5 Å². The molecule has 1 N–H and O–H groups in total. The molecule has 2 rings (SSSR count). The number of aryl methyl sites for hydroxylation is 1. The second-order valence-corrected chi connectivity index (χ2v) is 3.50. The van der Waals surface area contributed by atoms with Crippen LogP contribution in [0.1, 0.15) is 5.69 Å². The van der Waals surface area contributed by atoms with E-state index in [1.807, 2.05) is 6.92 Å². The third kappa shape index (κ3) is 1.29. The molecule has 13 heavy (non-hydrogen) atoms. The molecule has 5 nitrogen and oxygen atoms in total. The Morgan fingerprint density at radius 1 is 1.62 bits per heavy atom. The Morgan fingerprint density at radius 3 is 2.85 bits per heavy atom. The molecule has 0 radical (unpaired) electrons. The smallest absolute Gasteiger partial charge is 0.328 e. The van der Waals surface area contributed by atoms with Crippen molar-refractivity contribution in [1.29, 1.82) is 0 Å². The van der Waals surface area contributed by atoms with Gasteiger partial charge in [-0.3, -0.25) is 4.79 Å². The topological polar surface area (TPSA) is 62.3 Å². The van der Waals surface area contributed by atoms with Crippen LogP contribution in [0.25, 0.3) is 0 Å². The molecule has 1 fully saturated rings. The van der Waals surface area contributed by atoms with Gasteiger partial charge in [-0.1, -0.05) is 0 Å². The van der Waals surface area contributed by atoms with Gasteiger partial charge in [-0.25, -0.2) is 14.7 Å². The van der Waals surface area contributed by atoms with E-state index < -0.39 is 0 Å². The Kier molecular flexibility index (Phi) is 1.77. The van der Waals surface area contributed by atoms with Gasteiger partial charge in [-0.05, 0) is 6.92 Å². The number of hydrogen-bond donors (Lipinski definition) is 1. The number of urea groups is 1. The van der Waals surface area contributed by atoms with Gasteiger partial charge in [0.2, 0.25) is 5.13 Å². The lowest BCUT2D eigenvalue weighted by atomic mass is 10.6. The molecule has 0 bridgehead atoms. The third-order valence-corrected chi connectivity index (χ3v) is 2.59. The van der Waals surface area contributed by atoms with Gasteiger partial charge in [0, 0.05) is 5.38 Å². The summed E-state index contributed by atoms with van der Waals surface area (Å²) in [6, 6.07) is -0.389. The van der Waals surface area contributed by atoms with Gasteiger partial charge < -0.3 is 5.32 Å². The second-order valence-electron chi connectivity index (χ2n) is 2.66. The first-order chi connectivity index (χ1) is 6.18. The first kappa shape index (κ1) is 8.18. The fourth-order valence-corrected chi connectivity index (χ4v) is 1.88. The predicted octanol–water partition coefficient (Wildman–Crippen LogP) is 0.508. The molecule has 1 aliphatic rings. The standard InChI is InChI=1S/C7H7N3O2S/c1-4-3-13-7(9-4)10-5(11)2-8-6(10)12/h3H,2H2,1H3,(H,8,12). The van der Waals surface area contributed by atoms with E-state index in [4.69, 9.17) is 0 Å². The summed E-state index contributed by atoms with van der Waals surface area (Å²) in [6.45, 7) is 1.88. The van der Waals surface area contributed by atoms with Crippen LogP contribution >= 0.6 is 11.3 Å². The molecule has 1 aromatic heterocycles. The molecule has 1 saturated heterocycles. The zero-order chi connectivity index (χ0) is 9.42. The Labute approximate surface area is 78.4 Å². The summed E-state index contributed by atoms with van der Waals surface area (Å²) in [7, 11) is 0. The average Bonchev–Trinajstić information content (AvgIpc) is 2.60. The normalized spacial score (nSPS) is 16.5. The number of nitrogens with one attached hydrogen (secondary N) is 1. The number of aromatic nitrogens is 1. The van der Waals surface area contributed by atoms with E-state index in [0.29, 0.717) is 5.13 Å². The SMILES string of the molecule is Cc1csc(N2C(=O)CNC2=O)n1. The molecule has 68 valence electrons. The molecule has 3 amide bonds. The number of hydrogen-bond acceptors (Lipinski definition) is 4. The van der Waals surface area contributed by atoms with E-state index in [1.54, 1.807) is 5.38 Å². The Balaban J connectivity index is 2.35. The van der Waals surface area contributed by atoms with Crippen molar-refractivity contribution in [1.82, 2.24) is 10.3 Å². The van der Waals surface area contributed by atoms with Crippen LogP contribution in [0, 0.1) is 6.92 Å². The number of anilines is 1. The van der Waals surface area contributed by atoms with Gasteiger partial charge in [0.1, 0.15) is 0 Å². The van der Waals surface area contributed by atoms with Crippen molar-refractivity contribution in [3.05, 3.63) is 11.1 Å². The third-order valence-electron chi connectivity index (χ3n) is 1.64. The molecule has 0 spiro atoms. The minimum Gasteiger partial charge on any atom is -0.328 e. The summed E-state index contributed by atoms with van der Waals surface area (Å²) >= 11 is 1.29. The maximum absolute atomic E-state index is 11.2. The highest BCUT2D eigenvalue weighted by Gasteiger charge is 2.31. The van der Waals surface area contributed by atoms with Gasteiger partial charge in [-0.2, -0.15) is 0 Å². The molecule has 6 heteroatoms. The lowest BCUT2D eigenvalue weighted by Crippen LogP contribution is -2.30. The zero-order valence-corrected chi connectivity index (χ0v) is 7.72. The summed E-state index contributed by atoms with van der Waals surface area (Å²) in [5.41, 5.74) is 0.813. The molecule has 1 aromatic rings. The van der Waals surface area contributed by atoms with Gasteiger partial charge in [0.25, 0.3) is 5.91 Å². The molecule has 2 heterocycles.